The molecule has 0 aromatic rings. The molecule has 0 aromatic heterocycles. The van der Waals surface area contributed by atoms with E-state index < -0.39 is 0 Å². The van der Waals surface area contributed by atoms with E-state index in [9.17, 15) is 0 Å². The fourth-order valence-corrected chi connectivity index (χ4v) is 3.41. The Morgan fingerprint density at radius 1 is 1.22 bits per heavy atom. The monoisotopic (exact) mass is 254 g/mol. The van der Waals surface area contributed by atoms with E-state index in [1.54, 1.807) is 0 Å². The lowest BCUT2D eigenvalue weighted by molar-refractivity contribution is -0.0160. The van der Waals surface area contributed by atoms with Gasteiger partial charge in [0.25, 0.3) is 0 Å². The van der Waals surface area contributed by atoms with E-state index in [2.05, 4.69) is 24.1 Å². The van der Waals surface area contributed by atoms with Crippen molar-refractivity contribution in [2.75, 3.05) is 26.3 Å². The van der Waals surface area contributed by atoms with Gasteiger partial charge in [-0.3, -0.25) is 4.90 Å². The lowest BCUT2D eigenvalue weighted by Crippen LogP contribution is -2.57. The van der Waals surface area contributed by atoms with Gasteiger partial charge in [-0.1, -0.05) is 19.8 Å². The van der Waals surface area contributed by atoms with E-state index >= 15 is 0 Å². The fraction of sp³-hybridized carbons (Fsp3) is 1.00. The van der Waals surface area contributed by atoms with Crippen LogP contribution in [0.4, 0.5) is 0 Å². The fourth-order valence-electron chi connectivity index (χ4n) is 3.41. The zero-order valence-electron chi connectivity index (χ0n) is 12.2. The van der Waals surface area contributed by atoms with Crippen LogP contribution >= 0.6 is 0 Å². The number of hydrogen-bond acceptors (Lipinski definition) is 3. The highest BCUT2D eigenvalue weighted by Gasteiger charge is 2.33. The average molecular weight is 254 g/mol. The first-order chi connectivity index (χ1) is 8.83. The summed E-state index contributed by atoms with van der Waals surface area (Å²) in [4.78, 5) is 2.72. The summed E-state index contributed by atoms with van der Waals surface area (Å²) >= 11 is 0. The van der Waals surface area contributed by atoms with Gasteiger partial charge < -0.3 is 10.1 Å². The summed E-state index contributed by atoms with van der Waals surface area (Å²) in [7, 11) is 0. The van der Waals surface area contributed by atoms with Gasteiger partial charge in [-0.15, -0.1) is 0 Å². The normalized spacial score (nSPS) is 35.3. The van der Waals surface area contributed by atoms with Crippen molar-refractivity contribution in [3.8, 4) is 0 Å². The van der Waals surface area contributed by atoms with Crippen LogP contribution in [0.5, 0.6) is 0 Å². The third-order valence-electron chi connectivity index (χ3n) is 4.51. The van der Waals surface area contributed by atoms with Gasteiger partial charge in [0.15, 0.2) is 0 Å². The van der Waals surface area contributed by atoms with E-state index in [1.165, 1.54) is 45.1 Å². The molecule has 3 unspecified atom stereocenters. The molecule has 3 atom stereocenters. The molecule has 0 radical (unpaired) electrons. The van der Waals surface area contributed by atoms with Crippen molar-refractivity contribution in [3.63, 3.8) is 0 Å². The van der Waals surface area contributed by atoms with Crippen molar-refractivity contribution >= 4 is 0 Å². The predicted octanol–water partition coefficient (Wildman–Crippen LogP) is 2.41. The van der Waals surface area contributed by atoms with Crippen molar-refractivity contribution in [2.45, 2.75) is 70.5 Å². The number of nitrogens with zero attached hydrogens (tertiary/aromatic N) is 1. The highest BCUT2D eigenvalue weighted by Crippen LogP contribution is 2.23. The van der Waals surface area contributed by atoms with E-state index in [-0.39, 0.29) is 0 Å². The Bertz CT molecular complexity index is 235. The van der Waals surface area contributed by atoms with Gasteiger partial charge in [-0.2, -0.15) is 0 Å². The molecule has 1 N–H and O–H groups in total. The number of hydrogen-bond donors (Lipinski definition) is 1. The lowest BCUT2D eigenvalue weighted by atomic mass is 9.99. The maximum Gasteiger partial charge on any atom is 0.0637 e. The molecule has 0 aromatic carbocycles. The molecular weight excluding hydrogens is 224 g/mol. The Morgan fingerprint density at radius 3 is 2.94 bits per heavy atom. The lowest BCUT2D eigenvalue weighted by Gasteiger charge is -2.42. The first-order valence-corrected chi connectivity index (χ1v) is 7.89. The van der Waals surface area contributed by atoms with Gasteiger partial charge in [0.05, 0.1) is 6.61 Å². The second kappa shape index (κ2) is 7.46. The SMILES string of the molecule is CCCNC1CCOCC1N1CCCCCC1C. The molecule has 3 nitrogen and oxygen atoms in total. The first kappa shape index (κ1) is 14.3. The maximum absolute atomic E-state index is 5.75. The smallest absolute Gasteiger partial charge is 0.0637 e. The molecule has 2 heterocycles. The zero-order valence-corrected chi connectivity index (χ0v) is 12.2. The van der Waals surface area contributed by atoms with Crippen LogP contribution in [0, 0.1) is 0 Å². The molecule has 0 saturated carbocycles. The molecule has 0 aliphatic carbocycles. The summed E-state index contributed by atoms with van der Waals surface area (Å²) in [5, 5.41) is 3.74. The molecule has 106 valence electrons. The van der Waals surface area contributed by atoms with Crippen LogP contribution in [0.1, 0.15) is 52.4 Å². The van der Waals surface area contributed by atoms with Gasteiger partial charge >= 0.3 is 0 Å². The Hall–Kier alpha value is -0.120. The molecule has 2 aliphatic rings. The van der Waals surface area contributed by atoms with Crippen LogP contribution in [-0.4, -0.2) is 49.3 Å². The number of rotatable bonds is 4. The van der Waals surface area contributed by atoms with Crippen molar-refractivity contribution < 1.29 is 4.74 Å². The molecule has 0 amide bonds. The Morgan fingerprint density at radius 2 is 2.11 bits per heavy atom. The van der Waals surface area contributed by atoms with Crippen LogP contribution < -0.4 is 5.32 Å². The predicted molar refractivity (Wildman–Crippen MR) is 75.9 cm³/mol. The van der Waals surface area contributed by atoms with Crippen molar-refractivity contribution in [1.82, 2.24) is 10.2 Å². The van der Waals surface area contributed by atoms with E-state index in [4.69, 9.17) is 4.74 Å². The molecule has 2 fully saturated rings. The van der Waals surface area contributed by atoms with E-state index in [0.717, 1.165) is 25.8 Å². The summed E-state index contributed by atoms with van der Waals surface area (Å²) in [6.45, 7) is 8.90. The number of ether oxygens (including phenoxy) is 1. The zero-order chi connectivity index (χ0) is 12.8. The summed E-state index contributed by atoms with van der Waals surface area (Å²) in [6.07, 6.45) is 7.92. The third kappa shape index (κ3) is 3.69. The molecule has 2 rings (SSSR count). The molecule has 18 heavy (non-hydrogen) atoms. The van der Waals surface area contributed by atoms with Crippen LogP contribution in [0.25, 0.3) is 0 Å². The number of likely N-dealkylation sites (tertiary alicyclic amines) is 1. The van der Waals surface area contributed by atoms with Crippen LogP contribution in [0.2, 0.25) is 0 Å². The molecule has 0 bridgehead atoms. The van der Waals surface area contributed by atoms with Crippen LogP contribution in [0.15, 0.2) is 0 Å². The van der Waals surface area contributed by atoms with E-state index in [1.807, 2.05) is 0 Å². The van der Waals surface area contributed by atoms with Crippen LogP contribution in [-0.2, 0) is 4.74 Å². The second-order valence-corrected chi connectivity index (χ2v) is 5.93. The van der Waals surface area contributed by atoms with Gasteiger partial charge in [0.1, 0.15) is 0 Å². The van der Waals surface area contributed by atoms with Gasteiger partial charge in [-0.05, 0) is 45.7 Å². The second-order valence-electron chi connectivity index (χ2n) is 5.93. The average Bonchev–Trinajstić information content (AvgIpc) is 2.61. The third-order valence-corrected chi connectivity index (χ3v) is 4.51. The minimum atomic E-state index is 0.596. The molecule has 0 spiro atoms. The first-order valence-electron chi connectivity index (χ1n) is 7.89. The summed E-state index contributed by atoms with van der Waals surface area (Å²) < 4.78 is 5.75. The minimum Gasteiger partial charge on any atom is -0.380 e. The molecule has 2 saturated heterocycles. The number of nitrogens with one attached hydrogen (secondary N) is 1. The van der Waals surface area contributed by atoms with Crippen molar-refractivity contribution in [2.24, 2.45) is 0 Å². The summed E-state index contributed by atoms with van der Waals surface area (Å²) in [5.41, 5.74) is 0. The van der Waals surface area contributed by atoms with Gasteiger partial charge in [0, 0.05) is 24.7 Å². The maximum atomic E-state index is 5.75. The Balaban J connectivity index is 1.97. The minimum absolute atomic E-state index is 0.596. The van der Waals surface area contributed by atoms with Gasteiger partial charge in [-0.25, -0.2) is 0 Å². The standard InChI is InChI=1S/C15H30N2O/c1-3-9-16-14-8-11-18-12-15(14)17-10-6-4-5-7-13(17)2/h13-16H,3-12H2,1-2H3. The van der Waals surface area contributed by atoms with Crippen LogP contribution in [0.3, 0.4) is 0 Å². The highest BCUT2D eigenvalue weighted by atomic mass is 16.5. The molecular formula is C15H30N2O. The van der Waals surface area contributed by atoms with Crippen molar-refractivity contribution in [1.29, 1.82) is 0 Å². The Kier molecular flexibility index (Phi) is 5.93. The van der Waals surface area contributed by atoms with Gasteiger partial charge in [0.2, 0.25) is 0 Å². The molecule has 2 aliphatic heterocycles. The highest BCUT2D eigenvalue weighted by molar-refractivity contribution is 4.90. The summed E-state index contributed by atoms with van der Waals surface area (Å²) in [5.74, 6) is 0. The Labute approximate surface area is 112 Å². The van der Waals surface area contributed by atoms with E-state index in [0.29, 0.717) is 12.1 Å². The molecule has 3 heteroatoms. The summed E-state index contributed by atoms with van der Waals surface area (Å²) in [6, 6.07) is 1.96. The van der Waals surface area contributed by atoms with Crippen molar-refractivity contribution in [3.05, 3.63) is 0 Å². The largest absolute Gasteiger partial charge is 0.380 e. The quantitative estimate of drug-likeness (QED) is 0.834. The topological polar surface area (TPSA) is 24.5 Å².